The first-order valence-corrected chi connectivity index (χ1v) is 17.5. The molecule has 4 heteroatoms. The van der Waals surface area contributed by atoms with Crippen LogP contribution in [0.2, 0.25) is 0 Å². The van der Waals surface area contributed by atoms with Crippen molar-refractivity contribution in [3.8, 4) is 0 Å². The predicted molar refractivity (Wildman–Crippen MR) is 175 cm³/mol. The molecular formula is C36H69NO3. The third kappa shape index (κ3) is 29.8. The topological polar surface area (TPSA) is 72.5 Å². The van der Waals surface area contributed by atoms with Gasteiger partial charge in [-0.05, 0) is 44.9 Å². The molecule has 2 atom stereocenters. The molecule has 0 rings (SSSR count). The van der Waals surface area contributed by atoms with E-state index in [1.165, 1.54) is 109 Å². The molecule has 40 heavy (non-hydrogen) atoms. The van der Waals surface area contributed by atoms with Crippen LogP contribution in [0.25, 0.3) is 0 Å². The first-order valence-electron chi connectivity index (χ1n) is 17.5. The van der Waals surface area contributed by atoms with Crippen molar-refractivity contribution >= 4 is 5.97 Å². The second-order valence-electron chi connectivity index (χ2n) is 11.9. The van der Waals surface area contributed by atoms with Crippen LogP contribution in [-0.4, -0.2) is 29.8 Å². The van der Waals surface area contributed by atoms with Crippen LogP contribution in [0.4, 0.5) is 0 Å². The van der Waals surface area contributed by atoms with Gasteiger partial charge in [0.1, 0.15) is 6.61 Å². The van der Waals surface area contributed by atoms with E-state index in [2.05, 4.69) is 38.2 Å². The van der Waals surface area contributed by atoms with Crippen molar-refractivity contribution in [2.24, 2.45) is 5.73 Å². The van der Waals surface area contributed by atoms with Crippen LogP contribution in [0.1, 0.15) is 181 Å². The normalized spacial score (nSPS) is 13.4. The average molecular weight is 564 g/mol. The van der Waals surface area contributed by atoms with E-state index < -0.39 is 12.1 Å². The molecule has 2 unspecified atom stereocenters. The Morgan fingerprint density at radius 2 is 1.05 bits per heavy atom. The minimum atomic E-state index is -0.587. The van der Waals surface area contributed by atoms with Crippen LogP contribution < -0.4 is 5.73 Å². The lowest BCUT2D eigenvalue weighted by Gasteiger charge is -2.18. The zero-order chi connectivity index (χ0) is 29.4. The smallest absolute Gasteiger partial charge is 0.305 e. The molecule has 0 radical (unpaired) electrons. The molecule has 0 saturated carbocycles. The maximum atomic E-state index is 12.0. The maximum Gasteiger partial charge on any atom is 0.305 e. The second-order valence-corrected chi connectivity index (χ2v) is 11.9. The standard InChI is InChI=1S/C36H69NO3/c1-3-5-7-9-11-13-15-17-18-20-22-24-26-28-30-32-36(39)40-33-34(37)35(38)31-29-27-25-23-21-19-16-14-12-10-8-6-4-2/h11,13,17-18,34-35,38H,3-10,12,14-16,19-33,37H2,1-2H3. The number of esters is 1. The molecule has 0 aliphatic heterocycles. The van der Waals surface area contributed by atoms with Gasteiger partial charge in [-0.1, -0.05) is 154 Å². The summed E-state index contributed by atoms with van der Waals surface area (Å²) in [5.74, 6) is -0.186. The van der Waals surface area contributed by atoms with Gasteiger partial charge in [0.15, 0.2) is 0 Å². The fourth-order valence-electron chi connectivity index (χ4n) is 5.04. The average Bonchev–Trinajstić information content (AvgIpc) is 2.96. The first-order chi connectivity index (χ1) is 19.6. The molecule has 0 amide bonds. The van der Waals surface area contributed by atoms with E-state index in [9.17, 15) is 9.90 Å². The second kappa shape index (κ2) is 32.4. The molecule has 0 saturated heterocycles. The minimum absolute atomic E-state index is 0.124. The van der Waals surface area contributed by atoms with Gasteiger partial charge >= 0.3 is 5.97 Å². The molecule has 0 aromatic rings. The largest absolute Gasteiger partial charge is 0.464 e. The number of rotatable bonds is 31. The van der Waals surface area contributed by atoms with Crippen LogP contribution in [0.15, 0.2) is 24.3 Å². The lowest BCUT2D eigenvalue weighted by atomic mass is 10.0. The molecule has 3 N–H and O–H groups in total. The minimum Gasteiger partial charge on any atom is -0.464 e. The number of aliphatic hydroxyl groups is 1. The number of carbonyl (C=O) groups is 1. The highest BCUT2D eigenvalue weighted by Gasteiger charge is 2.16. The van der Waals surface area contributed by atoms with Crippen LogP contribution in [0, 0.1) is 0 Å². The summed E-state index contributed by atoms with van der Waals surface area (Å²) < 4.78 is 5.32. The molecule has 0 aliphatic rings. The summed E-state index contributed by atoms with van der Waals surface area (Å²) in [4.78, 5) is 12.0. The van der Waals surface area contributed by atoms with Gasteiger partial charge in [0, 0.05) is 6.42 Å². The van der Waals surface area contributed by atoms with E-state index in [0.29, 0.717) is 12.8 Å². The fraction of sp³-hybridized carbons (Fsp3) is 0.861. The number of carbonyl (C=O) groups excluding carboxylic acids is 1. The van der Waals surface area contributed by atoms with Gasteiger partial charge in [0.25, 0.3) is 0 Å². The number of ether oxygens (including phenoxy) is 1. The van der Waals surface area contributed by atoms with Crippen molar-refractivity contribution in [1.29, 1.82) is 0 Å². The molecule has 0 heterocycles. The number of hydrogen-bond donors (Lipinski definition) is 2. The van der Waals surface area contributed by atoms with Crippen molar-refractivity contribution in [3.63, 3.8) is 0 Å². The predicted octanol–water partition coefficient (Wildman–Crippen LogP) is 10.5. The van der Waals surface area contributed by atoms with E-state index in [1.54, 1.807) is 0 Å². The number of allylic oxidation sites excluding steroid dienone is 4. The van der Waals surface area contributed by atoms with Crippen LogP contribution >= 0.6 is 0 Å². The highest BCUT2D eigenvalue weighted by Crippen LogP contribution is 2.14. The zero-order valence-electron chi connectivity index (χ0n) is 26.9. The Bertz CT molecular complexity index is 574. The van der Waals surface area contributed by atoms with Gasteiger partial charge in [-0.2, -0.15) is 0 Å². The van der Waals surface area contributed by atoms with E-state index in [-0.39, 0.29) is 12.6 Å². The Hall–Kier alpha value is -1.13. The van der Waals surface area contributed by atoms with E-state index in [4.69, 9.17) is 10.5 Å². The molecule has 236 valence electrons. The van der Waals surface area contributed by atoms with Gasteiger partial charge in [-0.15, -0.1) is 0 Å². The number of hydrogen-bond acceptors (Lipinski definition) is 4. The van der Waals surface area contributed by atoms with Crippen molar-refractivity contribution in [3.05, 3.63) is 24.3 Å². The van der Waals surface area contributed by atoms with E-state index in [1.807, 2.05) is 0 Å². The lowest BCUT2D eigenvalue weighted by Crippen LogP contribution is -2.39. The monoisotopic (exact) mass is 564 g/mol. The third-order valence-electron chi connectivity index (χ3n) is 7.87. The molecule has 0 aliphatic carbocycles. The quantitative estimate of drug-likeness (QED) is 0.0500. The molecule has 0 fully saturated rings. The summed E-state index contributed by atoms with van der Waals surface area (Å²) in [5, 5.41) is 10.3. The summed E-state index contributed by atoms with van der Waals surface area (Å²) in [5.41, 5.74) is 6.06. The first kappa shape index (κ1) is 38.9. The van der Waals surface area contributed by atoms with Gasteiger partial charge in [-0.3, -0.25) is 4.79 Å². The summed E-state index contributed by atoms with van der Waals surface area (Å²) in [6.07, 6.45) is 39.7. The van der Waals surface area contributed by atoms with Crippen molar-refractivity contribution in [2.45, 2.75) is 193 Å². The lowest BCUT2D eigenvalue weighted by molar-refractivity contribution is -0.145. The Labute approximate surface area is 250 Å². The molecule has 4 nitrogen and oxygen atoms in total. The van der Waals surface area contributed by atoms with Crippen molar-refractivity contribution in [1.82, 2.24) is 0 Å². The van der Waals surface area contributed by atoms with Crippen molar-refractivity contribution < 1.29 is 14.6 Å². The Kier molecular flexibility index (Phi) is 31.5. The number of nitrogens with two attached hydrogens (primary N) is 1. The number of unbranched alkanes of at least 4 members (excludes halogenated alkanes) is 20. The van der Waals surface area contributed by atoms with Crippen LogP contribution in [0.5, 0.6) is 0 Å². The van der Waals surface area contributed by atoms with Crippen LogP contribution in [-0.2, 0) is 9.53 Å². The summed E-state index contributed by atoms with van der Waals surface area (Å²) in [6.45, 7) is 4.64. The third-order valence-corrected chi connectivity index (χ3v) is 7.87. The van der Waals surface area contributed by atoms with Crippen molar-refractivity contribution in [2.75, 3.05) is 6.61 Å². The molecule has 0 aromatic carbocycles. The summed E-state index contributed by atoms with van der Waals surface area (Å²) in [6, 6.07) is -0.481. The number of aliphatic hydroxyl groups excluding tert-OH is 1. The summed E-state index contributed by atoms with van der Waals surface area (Å²) in [7, 11) is 0. The van der Waals surface area contributed by atoms with E-state index >= 15 is 0 Å². The highest BCUT2D eigenvalue weighted by atomic mass is 16.5. The van der Waals surface area contributed by atoms with E-state index in [0.717, 1.165) is 44.9 Å². The fourth-order valence-corrected chi connectivity index (χ4v) is 5.04. The molecule has 0 aromatic heterocycles. The maximum absolute atomic E-state index is 12.0. The molecule has 0 spiro atoms. The highest BCUT2D eigenvalue weighted by molar-refractivity contribution is 5.69. The van der Waals surface area contributed by atoms with Gasteiger partial charge in [0.05, 0.1) is 12.1 Å². The Balaban J connectivity index is 3.47. The zero-order valence-corrected chi connectivity index (χ0v) is 26.9. The van der Waals surface area contributed by atoms with Gasteiger partial charge in [0.2, 0.25) is 0 Å². The van der Waals surface area contributed by atoms with Gasteiger partial charge < -0.3 is 15.6 Å². The molecular weight excluding hydrogens is 494 g/mol. The summed E-state index contributed by atoms with van der Waals surface area (Å²) >= 11 is 0. The Morgan fingerprint density at radius 1 is 0.625 bits per heavy atom. The van der Waals surface area contributed by atoms with Crippen LogP contribution in [0.3, 0.4) is 0 Å². The Morgan fingerprint density at radius 3 is 1.60 bits per heavy atom. The molecule has 0 bridgehead atoms. The van der Waals surface area contributed by atoms with Gasteiger partial charge in [-0.25, -0.2) is 0 Å². The SMILES string of the molecule is CCCCCC=CCC=CCCCCCCCC(=O)OCC(N)C(O)CCCCCCCCCCCCCCC.